The fourth-order valence-corrected chi connectivity index (χ4v) is 2.54. The van der Waals surface area contributed by atoms with Crippen LogP contribution in [-0.4, -0.2) is 28.9 Å². The van der Waals surface area contributed by atoms with Crippen molar-refractivity contribution in [1.29, 1.82) is 0 Å². The molecule has 0 fully saturated rings. The number of carbonyl (C=O) groups excluding carboxylic acids is 1. The zero-order chi connectivity index (χ0) is 21.0. The van der Waals surface area contributed by atoms with Crippen molar-refractivity contribution < 1.29 is 27.8 Å². The molecule has 0 aliphatic heterocycles. The van der Waals surface area contributed by atoms with Crippen molar-refractivity contribution >= 4 is 34.5 Å². The van der Waals surface area contributed by atoms with E-state index in [1.54, 1.807) is 6.07 Å². The number of benzene rings is 2. The van der Waals surface area contributed by atoms with Crippen LogP contribution in [0, 0.1) is 17.5 Å². The Morgan fingerprint density at radius 2 is 1.86 bits per heavy atom. The first-order valence-corrected chi connectivity index (χ1v) is 8.54. The third-order valence-corrected chi connectivity index (χ3v) is 3.93. The van der Waals surface area contributed by atoms with Crippen LogP contribution in [0.2, 0.25) is 0 Å². The minimum Gasteiger partial charge on any atom is -0.506 e. The first-order chi connectivity index (χ1) is 13.9. The van der Waals surface area contributed by atoms with Crippen LogP contribution in [0.4, 0.5) is 18.9 Å². The van der Waals surface area contributed by atoms with Crippen molar-refractivity contribution in [3.8, 4) is 0 Å². The first kappa shape index (κ1) is 20.1. The summed E-state index contributed by atoms with van der Waals surface area (Å²) in [4.78, 5) is 20.5. The number of aliphatic imine (C=N–C) groups is 1. The lowest BCUT2D eigenvalue weighted by molar-refractivity contribution is -0.137. The monoisotopic (exact) mass is 400 g/mol. The van der Waals surface area contributed by atoms with E-state index < -0.39 is 40.3 Å². The third kappa shape index (κ3) is 4.43. The van der Waals surface area contributed by atoms with Crippen molar-refractivity contribution in [3.05, 3.63) is 77.2 Å². The van der Waals surface area contributed by atoms with Gasteiger partial charge in [-0.05, 0) is 25.1 Å². The summed E-state index contributed by atoms with van der Waals surface area (Å²) in [5.41, 5.74) is -0.136. The lowest BCUT2D eigenvalue weighted by atomic mass is 10.1. The molecule has 0 saturated heterocycles. The molecule has 0 aliphatic rings. The summed E-state index contributed by atoms with van der Waals surface area (Å²) in [5.74, 6) is -5.99. The van der Waals surface area contributed by atoms with Gasteiger partial charge in [-0.1, -0.05) is 18.2 Å². The molecule has 0 unspecified atom stereocenters. The average molecular weight is 400 g/mol. The van der Waals surface area contributed by atoms with Crippen LogP contribution in [-0.2, 0) is 9.53 Å². The number of halogens is 3. The molecular weight excluding hydrogens is 385 g/mol. The van der Waals surface area contributed by atoms with Crippen molar-refractivity contribution in [3.63, 3.8) is 0 Å². The normalized spacial score (nSPS) is 12.3. The van der Waals surface area contributed by atoms with Crippen molar-refractivity contribution in [2.45, 2.75) is 6.92 Å². The van der Waals surface area contributed by atoms with E-state index in [-0.39, 0.29) is 12.7 Å². The largest absolute Gasteiger partial charge is 0.506 e. The van der Waals surface area contributed by atoms with Gasteiger partial charge in [0.25, 0.3) is 0 Å². The third-order valence-electron chi connectivity index (χ3n) is 3.93. The Hall–Kier alpha value is -3.68. The van der Waals surface area contributed by atoms with Crippen LogP contribution >= 0.6 is 0 Å². The van der Waals surface area contributed by atoms with Crippen molar-refractivity contribution in [1.82, 2.24) is 4.98 Å². The number of pyridine rings is 1. The predicted molar refractivity (Wildman–Crippen MR) is 102 cm³/mol. The highest BCUT2D eigenvalue weighted by molar-refractivity contribution is 6.15. The van der Waals surface area contributed by atoms with Crippen molar-refractivity contribution in [2.75, 3.05) is 6.61 Å². The fourth-order valence-electron chi connectivity index (χ4n) is 2.54. The van der Waals surface area contributed by atoms with Gasteiger partial charge < -0.3 is 9.84 Å². The second-order valence-corrected chi connectivity index (χ2v) is 5.87. The molecule has 0 amide bonds. The summed E-state index contributed by atoms with van der Waals surface area (Å²) in [6, 6.07) is 9.69. The Bertz CT molecular complexity index is 1140. The molecule has 1 aromatic heterocycles. The molecule has 5 nitrogen and oxygen atoms in total. The molecule has 3 aromatic rings. The van der Waals surface area contributed by atoms with Crippen LogP contribution in [0.25, 0.3) is 16.7 Å². The Kier molecular flexibility index (Phi) is 5.92. The maximum Gasteiger partial charge on any atom is 0.343 e. The molecule has 2 aromatic carbocycles. The second kappa shape index (κ2) is 8.55. The SMILES string of the molecule is CCOC(=O)/C(C=Nc1cnc2ccccc2c1)=C(/O)c1cc(F)c(F)cc1F. The maximum absolute atomic E-state index is 14.0. The summed E-state index contributed by atoms with van der Waals surface area (Å²) in [6.07, 6.45) is 2.40. The van der Waals surface area contributed by atoms with Gasteiger partial charge in [0.1, 0.15) is 17.1 Å². The summed E-state index contributed by atoms with van der Waals surface area (Å²) in [6.45, 7) is 1.51. The summed E-state index contributed by atoms with van der Waals surface area (Å²) < 4.78 is 45.5. The minimum atomic E-state index is -1.42. The smallest absolute Gasteiger partial charge is 0.343 e. The highest BCUT2D eigenvalue weighted by atomic mass is 19.2. The number of aromatic nitrogens is 1. The number of hydrogen-bond donors (Lipinski definition) is 1. The van der Waals surface area contributed by atoms with E-state index in [2.05, 4.69) is 9.98 Å². The summed E-state index contributed by atoms with van der Waals surface area (Å²) in [7, 11) is 0. The van der Waals surface area contributed by atoms with Gasteiger partial charge in [0.05, 0.1) is 29.6 Å². The van der Waals surface area contributed by atoms with Crippen LogP contribution in [0.5, 0.6) is 0 Å². The first-order valence-electron chi connectivity index (χ1n) is 8.54. The molecule has 3 rings (SSSR count). The molecule has 0 radical (unpaired) electrons. The van der Waals surface area contributed by atoms with E-state index >= 15 is 0 Å². The number of esters is 1. The topological polar surface area (TPSA) is 71.8 Å². The molecule has 148 valence electrons. The Morgan fingerprint density at radius 1 is 1.14 bits per heavy atom. The van der Waals surface area contributed by atoms with Crippen LogP contribution in [0.1, 0.15) is 12.5 Å². The Morgan fingerprint density at radius 3 is 2.62 bits per heavy atom. The lowest BCUT2D eigenvalue weighted by Gasteiger charge is -2.08. The number of fused-ring (bicyclic) bond motifs is 1. The zero-order valence-electron chi connectivity index (χ0n) is 15.2. The molecule has 8 heteroatoms. The molecule has 0 bridgehead atoms. The highest BCUT2D eigenvalue weighted by Crippen LogP contribution is 2.24. The molecule has 0 saturated carbocycles. The molecule has 1 heterocycles. The minimum absolute atomic E-state index is 0.0265. The number of nitrogens with zero attached hydrogens (tertiary/aromatic N) is 2. The van der Waals surface area contributed by atoms with E-state index in [9.17, 15) is 23.1 Å². The van der Waals surface area contributed by atoms with Gasteiger partial charge in [-0.3, -0.25) is 9.98 Å². The molecule has 0 aliphatic carbocycles. The number of rotatable bonds is 5. The Balaban J connectivity index is 2.06. The van der Waals surface area contributed by atoms with Gasteiger partial charge in [-0.15, -0.1) is 0 Å². The van der Waals surface area contributed by atoms with Gasteiger partial charge in [-0.25, -0.2) is 18.0 Å². The highest BCUT2D eigenvalue weighted by Gasteiger charge is 2.21. The molecular formula is C21H15F3N2O3. The molecule has 29 heavy (non-hydrogen) atoms. The molecule has 0 atom stereocenters. The number of aliphatic hydroxyl groups is 1. The second-order valence-electron chi connectivity index (χ2n) is 5.87. The summed E-state index contributed by atoms with van der Waals surface area (Å²) >= 11 is 0. The van der Waals surface area contributed by atoms with Gasteiger partial charge in [0.2, 0.25) is 0 Å². The Labute approximate surface area is 163 Å². The van der Waals surface area contributed by atoms with Crippen molar-refractivity contribution in [2.24, 2.45) is 4.99 Å². The number of para-hydroxylation sites is 1. The predicted octanol–water partition coefficient (Wildman–Crippen LogP) is 4.89. The van der Waals surface area contributed by atoms with Gasteiger partial charge in [0, 0.05) is 17.7 Å². The quantitative estimate of drug-likeness (QED) is 0.218. The fraction of sp³-hybridized carbons (Fsp3) is 0.0952. The maximum atomic E-state index is 14.0. The van der Waals surface area contributed by atoms with Crippen LogP contribution < -0.4 is 0 Å². The number of ether oxygens (including phenoxy) is 1. The lowest BCUT2D eigenvalue weighted by Crippen LogP contribution is -2.12. The van der Waals surface area contributed by atoms with Crippen LogP contribution in [0.3, 0.4) is 0 Å². The van der Waals surface area contributed by atoms with Gasteiger partial charge in [0.15, 0.2) is 11.6 Å². The van der Waals surface area contributed by atoms with Gasteiger partial charge >= 0.3 is 5.97 Å². The molecule has 0 spiro atoms. The van der Waals surface area contributed by atoms with E-state index in [0.29, 0.717) is 11.8 Å². The number of hydrogen-bond acceptors (Lipinski definition) is 5. The van der Waals surface area contributed by atoms with E-state index in [4.69, 9.17) is 4.74 Å². The average Bonchev–Trinajstić information content (AvgIpc) is 2.70. The van der Waals surface area contributed by atoms with Gasteiger partial charge in [-0.2, -0.15) is 0 Å². The number of aliphatic hydroxyl groups excluding tert-OH is 1. The summed E-state index contributed by atoms with van der Waals surface area (Å²) in [5, 5.41) is 11.2. The van der Waals surface area contributed by atoms with Crippen LogP contribution in [0.15, 0.2) is 59.2 Å². The number of carbonyl (C=O) groups is 1. The van der Waals surface area contributed by atoms with E-state index in [0.717, 1.165) is 17.1 Å². The van der Waals surface area contributed by atoms with E-state index in [1.165, 1.54) is 13.1 Å². The zero-order valence-corrected chi connectivity index (χ0v) is 15.2. The van der Waals surface area contributed by atoms with E-state index in [1.807, 2.05) is 24.3 Å². The standard InChI is InChI=1S/C21H15F3N2O3/c1-2-29-21(28)15(20(27)14-8-17(23)18(24)9-16(14)22)11-25-13-7-12-5-3-4-6-19(12)26-10-13/h3-11,27H,2H2,1H3/b20-15+,25-11?. The molecule has 1 N–H and O–H groups in total.